The molecule has 5 rings (SSSR count). The van der Waals surface area contributed by atoms with Crippen molar-refractivity contribution < 1.29 is 9.59 Å². The van der Waals surface area contributed by atoms with Crippen molar-refractivity contribution in [1.82, 2.24) is 14.8 Å². The zero-order valence-electron chi connectivity index (χ0n) is 20.4. The Morgan fingerprint density at radius 2 is 1.89 bits per heavy atom. The molecular weight excluding hydrogens is 460 g/mol. The van der Waals surface area contributed by atoms with Gasteiger partial charge in [0.15, 0.2) is 0 Å². The predicted molar refractivity (Wildman–Crippen MR) is 140 cm³/mol. The maximum Gasteiger partial charge on any atom is 0.251 e. The van der Waals surface area contributed by atoms with Crippen molar-refractivity contribution in [2.75, 3.05) is 62.6 Å². The Hall–Kier alpha value is -2.49. The van der Waals surface area contributed by atoms with E-state index in [-0.39, 0.29) is 5.91 Å². The zero-order valence-corrected chi connectivity index (χ0v) is 21.2. The van der Waals surface area contributed by atoms with Gasteiger partial charge in [-0.2, -0.15) is 0 Å². The van der Waals surface area contributed by atoms with Crippen LogP contribution in [0.1, 0.15) is 46.5 Å². The first-order valence-corrected chi connectivity index (χ1v) is 13.7. The molecular formula is C26H36N6O2S. The number of nitrogens with two attached hydrogens (primary N) is 1. The van der Waals surface area contributed by atoms with E-state index in [2.05, 4.69) is 31.1 Å². The lowest BCUT2D eigenvalue weighted by atomic mass is 9.95. The molecule has 2 aromatic rings. The minimum atomic E-state index is -0.430. The summed E-state index contributed by atoms with van der Waals surface area (Å²) in [4.78, 5) is 37.9. The van der Waals surface area contributed by atoms with E-state index in [0.717, 1.165) is 89.3 Å². The highest BCUT2D eigenvalue weighted by Crippen LogP contribution is 2.37. The summed E-state index contributed by atoms with van der Waals surface area (Å²) in [6.45, 7) is 7.44. The zero-order chi connectivity index (χ0) is 24.2. The normalized spacial score (nSPS) is 21.5. The van der Waals surface area contributed by atoms with Crippen LogP contribution in [-0.4, -0.2) is 79.0 Å². The van der Waals surface area contributed by atoms with Gasteiger partial charge in [-0.3, -0.25) is 19.4 Å². The van der Waals surface area contributed by atoms with Crippen molar-refractivity contribution >= 4 is 34.0 Å². The first-order valence-electron chi connectivity index (χ1n) is 12.9. The van der Waals surface area contributed by atoms with Gasteiger partial charge in [0.2, 0.25) is 5.91 Å². The van der Waals surface area contributed by atoms with Crippen LogP contribution in [-0.2, 0) is 17.6 Å². The highest BCUT2D eigenvalue weighted by molar-refractivity contribution is 7.17. The lowest BCUT2D eigenvalue weighted by molar-refractivity contribution is -0.117. The standard InChI is InChI=1S/C26H36N6O2S/c27-25(34)24-20-7-1-2-8-21(20)35-26(24)29-23(33)18-31-11-5-6-19(17-31)16-30-12-14-32(15-13-30)22-9-3-4-10-28-22/h3-4,9-10,19H,1-2,5-8,11-18H2,(H2,27,34)(H,29,33)/t19-/m1/s1. The molecule has 2 saturated heterocycles. The molecule has 3 N–H and O–H groups in total. The summed E-state index contributed by atoms with van der Waals surface area (Å²) in [5.41, 5.74) is 7.29. The molecule has 1 aliphatic carbocycles. The Morgan fingerprint density at radius 1 is 1.06 bits per heavy atom. The molecule has 8 nitrogen and oxygen atoms in total. The summed E-state index contributed by atoms with van der Waals surface area (Å²) in [7, 11) is 0. The molecule has 188 valence electrons. The Balaban J connectivity index is 1.11. The number of nitrogens with one attached hydrogen (secondary N) is 1. The van der Waals surface area contributed by atoms with E-state index in [1.54, 1.807) is 0 Å². The first kappa shape index (κ1) is 24.2. The average Bonchev–Trinajstić information content (AvgIpc) is 3.23. The third-order valence-electron chi connectivity index (χ3n) is 7.50. The fourth-order valence-electron chi connectivity index (χ4n) is 5.79. The van der Waals surface area contributed by atoms with Crippen LogP contribution in [0.5, 0.6) is 0 Å². The third-order valence-corrected chi connectivity index (χ3v) is 8.71. The van der Waals surface area contributed by atoms with Gasteiger partial charge in [0.05, 0.1) is 12.1 Å². The molecule has 2 aromatic heterocycles. The van der Waals surface area contributed by atoms with E-state index in [4.69, 9.17) is 5.73 Å². The highest BCUT2D eigenvalue weighted by atomic mass is 32.1. The van der Waals surface area contributed by atoms with Crippen molar-refractivity contribution in [1.29, 1.82) is 0 Å². The van der Waals surface area contributed by atoms with Crippen LogP contribution in [0.15, 0.2) is 24.4 Å². The SMILES string of the molecule is NC(=O)c1c(NC(=O)CN2CCC[C@H](CN3CCN(c4ccccn4)CC3)C2)sc2c1CCCC2. The number of pyridine rings is 1. The van der Waals surface area contributed by atoms with E-state index in [1.165, 1.54) is 22.6 Å². The van der Waals surface area contributed by atoms with Crippen LogP contribution in [0.2, 0.25) is 0 Å². The fourth-order valence-corrected chi connectivity index (χ4v) is 7.10. The van der Waals surface area contributed by atoms with Gasteiger partial charge >= 0.3 is 0 Å². The molecule has 0 unspecified atom stereocenters. The summed E-state index contributed by atoms with van der Waals surface area (Å²) in [6.07, 6.45) is 8.24. The number of piperazine rings is 1. The van der Waals surface area contributed by atoms with Crippen molar-refractivity contribution in [3.8, 4) is 0 Å². The molecule has 2 amide bonds. The molecule has 2 fully saturated rings. The number of hydrogen-bond donors (Lipinski definition) is 2. The maximum absolute atomic E-state index is 12.9. The Labute approximate surface area is 211 Å². The number of anilines is 2. The van der Waals surface area contributed by atoms with E-state index in [1.807, 2.05) is 18.3 Å². The minimum Gasteiger partial charge on any atom is -0.365 e. The Kier molecular flexibility index (Phi) is 7.65. The smallest absolute Gasteiger partial charge is 0.251 e. The van der Waals surface area contributed by atoms with Crippen molar-refractivity contribution in [2.45, 2.75) is 38.5 Å². The molecule has 0 radical (unpaired) electrons. The highest BCUT2D eigenvalue weighted by Gasteiger charge is 2.28. The monoisotopic (exact) mass is 496 g/mol. The quantitative estimate of drug-likeness (QED) is 0.612. The van der Waals surface area contributed by atoms with Crippen LogP contribution in [0.25, 0.3) is 0 Å². The molecule has 2 aliphatic heterocycles. The number of piperidine rings is 1. The van der Waals surface area contributed by atoms with Gasteiger partial charge in [0.25, 0.3) is 5.91 Å². The molecule has 3 aliphatic rings. The summed E-state index contributed by atoms with van der Waals surface area (Å²) in [6, 6.07) is 6.08. The number of rotatable bonds is 7. The fraction of sp³-hybridized carbons (Fsp3) is 0.577. The first-order chi connectivity index (χ1) is 17.1. The molecule has 0 bridgehead atoms. The van der Waals surface area contributed by atoms with Gasteiger partial charge in [0, 0.05) is 50.3 Å². The topological polar surface area (TPSA) is 94.8 Å². The summed E-state index contributed by atoms with van der Waals surface area (Å²) < 4.78 is 0. The van der Waals surface area contributed by atoms with E-state index < -0.39 is 5.91 Å². The second kappa shape index (κ2) is 11.1. The molecule has 35 heavy (non-hydrogen) atoms. The molecule has 0 saturated carbocycles. The van der Waals surface area contributed by atoms with E-state index in [9.17, 15) is 9.59 Å². The second-order valence-corrected chi connectivity index (χ2v) is 11.2. The number of hydrogen-bond acceptors (Lipinski definition) is 7. The van der Waals surface area contributed by atoms with Crippen LogP contribution < -0.4 is 16.0 Å². The number of likely N-dealkylation sites (tertiary alicyclic amines) is 1. The average molecular weight is 497 g/mol. The van der Waals surface area contributed by atoms with Crippen LogP contribution >= 0.6 is 11.3 Å². The van der Waals surface area contributed by atoms with Gasteiger partial charge in [-0.05, 0) is 68.7 Å². The number of amides is 2. The van der Waals surface area contributed by atoms with E-state index >= 15 is 0 Å². The molecule has 0 spiro atoms. The molecule has 0 aromatic carbocycles. The summed E-state index contributed by atoms with van der Waals surface area (Å²) in [5, 5.41) is 3.68. The molecule has 1 atom stereocenters. The number of aromatic nitrogens is 1. The summed E-state index contributed by atoms with van der Waals surface area (Å²) >= 11 is 1.54. The number of nitrogens with zero attached hydrogens (tertiary/aromatic N) is 4. The number of aryl methyl sites for hydroxylation is 1. The van der Waals surface area contributed by atoms with Gasteiger partial charge in [-0.1, -0.05) is 6.07 Å². The lowest BCUT2D eigenvalue weighted by Gasteiger charge is -2.39. The number of primary amides is 1. The van der Waals surface area contributed by atoms with Gasteiger partial charge in [-0.15, -0.1) is 11.3 Å². The minimum absolute atomic E-state index is 0.0456. The predicted octanol–water partition coefficient (Wildman–Crippen LogP) is 2.59. The van der Waals surface area contributed by atoms with Crippen LogP contribution in [0.3, 0.4) is 0 Å². The number of thiophene rings is 1. The number of fused-ring (bicyclic) bond motifs is 1. The van der Waals surface area contributed by atoms with E-state index in [0.29, 0.717) is 23.0 Å². The van der Waals surface area contributed by atoms with Gasteiger partial charge in [0.1, 0.15) is 10.8 Å². The van der Waals surface area contributed by atoms with Crippen LogP contribution in [0, 0.1) is 5.92 Å². The number of carbonyl (C=O) groups excluding carboxylic acids is 2. The molecule has 9 heteroatoms. The van der Waals surface area contributed by atoms with Crippen LogP contribution in [0.4, 0.5) is 10.8 Å². The van der Waals surface area contributed by atoms with Crippen molar-refractivity contribution in [2.24, 2.45) is 11.7 Å². The molecule has 4 heterocycles. The second-order valence-electron chi connectivity index (χ2n) is 10.0. The third kappa shape index (κ3) is 5.85. The maximum atomic E-state index is 12.9. The van der Waals surface area contributed by atoms with Gasteiger partial charge < -0.3 is 16.0 Å². The van der Waals surface area contributed by atoms with Gasteiger partial charge in [-0.25, -0.2) is 4.98 Å². The largest absolute Gasteiger partial charge is 0.365 e. The lowest BCUT2D eigenvalue weighted by Crippen LogP contribution is -2.50. The van der Waals surface area contributed by atoms with Crippen molar-refractivity contribution in [3.63, 3.8) is 0 Å². The van der Waals surface area contributed by atoms with Crippen molar-refractivity contribution in [3.05, 3.63) is 40.4 Å². The number of carbonyl (C=O) groups is 2. The Bertz CT molecular complexity index is 1030. The Morgan fingerprint density at radius 3 is 2.66 bits per heavy atom. The summed E-state index contributed by atoms with van der Waals surface area (Å²) in [5.74, 6) is 1.16.